The monoisotopic (exact) mass is 441 g/mol. The van der Waals surface area contributed by atoms with Crippen molar-refractivity contribution in [1.29, 1.82) is 0 Å². The third-order valence-electron chi connectivity index (χ3n) is 5.08. The van der Waals surface area contributed by atoms with Crippen molar-refractivity contribution in [3.05, 3.63) is 107 Å². The van der Waals surface area contributed by atoms with Gasteiger partial charge in [0.25, 0.3) is 0 Å². The number of aromatic nitrogens is 3. The molecule has 4 aromatic rings. The van der Waals surface area contributed by atoms with Gasteiger partial charge in [0.1, 0.15) is 17.9 Å². The second kappa shape index (κ2) is 9.86. The van der Waals surface area contributed by atoms with E-state index in [1.807, 2.05) is 48.5 Å². The molecule has 0 aliphatic heterocycles. The van der Waals surface area contributed by atoms with E-state index in [-0.39, 0.29) is 17.4 Å². The largest absolute Gasteiger partial charge is 0.434 e. The van der Waals surface area contributed by atoms with E-state index in [2.05, 4.69) is 28.8 Å². The lowest BCUT2D eigenvalue weighted by Crippen LogP contribution is -2.20. The van der Waals surface area contributed by atoms with Crippen LogP contribution in [-0.4, -0.2) is 19.9 Å². The Morgan fingerprint density at radius 2 is 1.67 bits per heavy atom. The molecule has 0 bridgehead atoms. The number of nitrogens with zero attached hydrogens (tertiary/aromatic N) is 5. The summed E-state index contributed by atoms with van der Waals surface area (Å²) in [5, 5.41) is 12.2. The van der Waals surface area contributed by atoms with Gasteiger partial charge < -0.3 is 9.64 Å². The summed E-state index contributed by atoms with van der Waals surface area (Å²) in [6.45, 7) is 4.52. The summed E-state index contributed by atoms with van der Waals surface area (Å²) < 4.78 is 5.84. The van der Waals surface area contributed by atoms with Crippen LogP contribution in [0.3, 0.4) is 0 Å². The Bertz CT molecular complexity index is 1220. The molecule has 8 heteroatoms. The van der Waals surface area contributed by atoms with Gasteiger partial charge >= 0.3 is 11.6 Å². The number of pyridine rings is 1. The van der Waals surface area contributed by atoms with Crippen molar-refractivity contribution in [3.63, 3.8) is 0 Å². The van der Waals surface area contributed by atoms with E-state index in [0.717, 1.165) is 11.1 Å². The molecule has 0 unspecified atom stereocenters. The van der Waals surface area contributed by atoms with Gasteiger partial charge in [-0.25, -0.2) is 9.97 Å². The standard InChI is InChI=1S/C25H23N5O3/c1-18(2)20-11-13-21(14-12-20)33-25-23(30(31)32)24(27-17-28-25)29(22-10-6-7-15-26-22)16-19-8-4-3-5-9-19/h3-15,17-18H,16H2,1-2H3. The van der Waals surface area contributed by atoms with Crippen LogP contribution < -0.4 is 9.64 Å². The topological polar surface area (TPSA) is 94.3 Å². The average Bonchev–Trinajstić information content (AvgIpc) is 2.84. The lowest BCUT2D eigenvalue weighted by Gasteiger charge is -2.22. The van der Waals surface area contributed by atoms with E-state index >= 15 is 0 Å². The molecule has 2 aromatic carbocycles. The van der Waals surface area contributed by atoms with Gasteiger partial charge in [-0.1, -0.05) is 62.4 Å². The summed E-state index contributed by atoms with van der Waals surface area (Å²) in [5.41, 5.74) is 1.76. The van der Waals surface area contributed by atoms with Crippen molar-refractivity contribution >= 4 is 17.3 Å². The van der Waals surface area contributed by atoms with Crippen LogP contribution in [-0.2, 0) is 6.54 Å². The summed E-state index contributed by atoms with van der Waals surface area (Å²) in [7, 11) is 0. The first-order valence-electron chi connectivity index (χ1n) is 10.5. The van der Waals surface area contributed by atoms with Crippen molar-refractivity contribution in [1.82, 2.24) is 15.0 Å². The molecular formula is C25H23N5O3. The third kappa shape index (κ3) is 5.12. The SMILES string of the molecule is CC(C)c1ccc(Oc2ncnc(N(Cc3ccccc3)c3ccccn3)c2[N+](=O)[O-])cc1. The first-order valence-corrected chi connectivity index (χ1v) is 10.5. The highest BCUT2D eigenvalue weighted by atomic mass is 16.6. The molecule has 0 saturated carbocycles. The summed E-state index contributed by atoms with van der Waals surface area (Å²) in [6, 6.07) is 22.4. The van der Waals surface area contributed by atoms with Crippen molar-refractivity contribution in [2.24, 2.45) is 0 Å². The van der Waals surface area contributed by atoms with E-state index in [9.17, 15) is 10.1 Å². The smallest absolute Gasteiger partial charge is 0.373 e. The van der Waals surface area contributed by atoms with E-state index < -0.39 is 4.92 Å². The third-order valence-corrected chi connectivity index (χ3v) is 5.08. The summed E-state index contributed by atoms with van der Waals surface area (Å²) >= 11 is 0. The number of nitro groups is 1. The Kier molecular flexibility index (Phi) is 6.54. The molecule has 0 radical (unpaired) electrons. The predicted molar refractivity (Wildman–Crippen MR) is 126 cm³/mol. The number of hydrogen-bond donors (Lipinski definition) is 0. The minimum atomic E-state index is -0.520. The van der Waals surface area contributed by atoms with Crippen LogP contribution in [0.1, 0.15) is 30.9 Å². The normalized spacial score (nSPS) is 10.8. The maximum Gasteiger partial charge on any atom is 0.373 e. The molecule has 0 spiro atoms. The number of rotatable bonds is 8. The summed E-state index contributed by atoms with van der Waals surface area (Å²) in [6.07, 6.45) is 2.90. The molecule has 33 heavy (non-hydrogen) atoms. The lowest BCUT2D eigenvalue weighted by molar-refractivity contribution is -0.385. The molecular weight excluding hydrogens is 418 g/mol. The summed E-state index contributed by atoms with van der Waals surface area (Å²) in [4.78, 5) is 26.1. The van der Waals surface area contributed by atoms with Gasteiger partial charge in [0.15, 0.2) is 0 Å². The maximum atomic E-state index is 12.2. The molecule has 8 nitrogen and oxygen atoms in total. The van der Waals surface area contributed by atoms with Gasteiger partial charge in [0, 0.05) is 6.20 Å². The highest BCUT2D eigenvalue weighted by molar-refractivity contribution is 5.69. The van der Waals surface area contributed by atoms with Crippen LogP contribution in [0.25, 0.3) is 0 Å². The van der Waals surface area contributed by atoms with Gasteiger partial charge in [0.05, 0.1) is 11.5 Å². The maximum absolute atomic E-state index is 12.2. The second-order valence-corrected chi connectivity index (χ2v) is 7.69. The van der Waals surface area contributed by atoms with E-state index in [0.29, 0.717) is 24.0 Å². The average molecular weight is 441 g/mol. The lowest BCUT2D eigenvalue weighted by atomic mass is 10.0. The fraction of sp³-hybridized carbons (Fsp3) is 0.160. The van der Waals surface area contributed by atoms with Gasteiger partial charge in [-0.05, 0) is 41.3 Å². The first kappa shape index (κ1) is 21.9. The second-order valence-electron chi connectivity index (χ2n) is 7.69. The molecule has 0 atom stereocenters. The Labute approximate surface area is 191 Å². The van der Waals surface area contributed by atoms with Crippen LogP contribution in [0.4, 0.5) is 17.3 Å². The number of anilines is 2. The number of ether oxygens (including phenoxy) is 1. The molecule has 0 amide bonds. The zero-order valence-corrected chi connectivity index (χ0v) is 18.3. The van der Waals surface area contributed by atoms with Crippen molar-refractivity contribution in [2.75, 3.05) is 4.90 Å². The van der Waals surface area contributed by atoms with Crippen molar-refractivity contribution in [3.8, 4) is 11.6 Å². The molecule has 0 aliphatic rings. The van der Waals surface area contributed by atoms with Crippen LogP contribution >= 0.6 is 0 Å². The summed E-state index contributed by atoms with van der Waals surface area (Å²) in [5.74, 6) is 1.32. The van der Waals surface area contributed by atoms with Crippen LogP contribution in [0.2, 0.25) is 0 Å². The number of hydrogen-bond acceptors (Lipinski definition) is 7. The van der Waals surface area contributed by atoms with Gasteiger partial charge in [-0.3, -0.25) is 10.1 Å². The molecule has 2 aromatic heterocycles. The van der Waals surface area contributed by atoms with Crippen LogP contribution in [0, 0.1) is 10.1 Å². The van der Waals surface area contributed by atoms with Crippen LogP contribution in [0.5, 0.6) is 11.6 Å². The van der Waals surface area contributed by atoms with E-state index in [1.165, 1.54) is 6.33 Å². The van der Waals surface area contributed by atoms with Crippen molar-refractivity contribution in [2.45, 2.75) is 26.3 Å². The van der Waals surface area contributed by atoms with Crippen molar-refractivity contribution < 1.29 is 9.66 Å². The zero-order valence-electron chi connectivity index (χ0n) is 18.3. The van der Waals surface area contributed by atoms with Gasteiger partial charge in [-0.15, -0.1) is 0 Å². The Hall–Kier alpha value is -4.33. The molecule has 0 fully saturated rings. The highest BCUT2D eigenvalue weighted by Gasteiger charge is 2.30. The fourth-order valence-electron chi connectivity index (χ4n) is 3.36. The molecule has 0 aliphatic carbocycles. The molecule has 0 saturated heterocycles. The fourth-order valence-corrected chi connectivity index (χ4v) is 3.36. The van der Waals surface area contributed by atoms with E-state index in [4.69, 9.17) is 4.74 Å². The van der Waals surface area contributed by atoms with Crippen LogP contribution in [0.15, 0.2) is 85.3 Å². The minimum Gasteiger partial charge on any atom is -0.434 e. The molecule has 166 valence electrons. The Morgan fingerprint density at radius 1 is 0.939 bits per heavy atom. The zero-order chi connectivity index (χ0) is 23.2. The number of benzene rings is 2. The Balaban J connectivity index is 1.76. The van der Waals surface area contributed by atoms with Gasteiger partial charge in [-0.2, -0.15) is 4.98 Å². The highest BCUT2D eigenvalue weighted by Crippen LogP contribution is 2.39. The molecule has 4 rings (SSSR count). The Morgan fingerprint density at radius 3 is 2.30 bits per heavy atom. The molecule has 2 heterocycles. The first-order chi connectivity index (χ1) is 16.0. The van der Waals surface area contributed by atoms with Gasteiger partial charge in [0.2, 0.25) is 5.82 Å². The van der Waals surface area contributed by atoms with E-state index in [1.54, 1.807) is 35.4 Å². The quantitative estimate of drug-likeness (QED) is 0.243. The minimum absolute atomic E-state index is 0.103. The molecule has 0 N–H and O–H groups in total. The predicted octanol–water partition coefficient (Wildman–Crippen LogP) is 6.03.